The average Bonchev–Trinajstić information content (AvgIpc) is 2.68. The number of imidazole rings is 1. The van der Waals surface area contributed by atoms with Crippen molar-refractivity contribution in [1.82, 2.24) is 9.55 Å². The summed E-state index contributed by atoms with van der Waals surface area (Å²) in [6.07, 6.45) is 0. The summed E-state index contributed by atoms with van der Waals surface area (Å²) in [4.78, 5) is 3.04. The van der Waals surface area contributed by atoms with Crippen LogP contribution in [0.15, 0.2) is 42.5 Å². The fourth-order valence-electron chi connectivity index (χ4n) is 2.17. The number of aryl methyl sites for hydroxylation is 1. The predicted octanol–water partition coefficient (Wildman–Crippen LogP) is 4.19. The highest BCUT2D eigenvalue weighted by Crippen LogP contribution is 2.17. The third-order valence-electron chi connectivity index (χ3n) is 3.20. The number of hydrogen-bond acceptors (Lipinski definition) is 1. The van der Waals surface area contributed by atoms with Gasteiger partial charge in [0.05, 0.1) is 17.6 Å². The van der Waals surface area contributed by atoms with E-state index in [2.05, 4.69) is 36.2 Å². The molecular formula is C15H13FN2S. The van der Waals surface area contributed by atoms with Gasteiger partial charge in [-0.15, -0.1) is 0 Å². The van der Waals surface area contributed by atoms with Crippen LogP contribution in [0.5, 0.6) is 0 Å². The smallest absolute Gasteiger partial charge is 0.178 e. The fourth-order valence-corrected chi connectivity index (χ4v) is 2.44. The van der Waals surface area contributed by atoms with Crippen molar-refractivity contribution < 1.29 is 4.39 Å². The molecule has 0 fully saturated rings. The molecule has 0 amide bonds. The molecule has 4 heteroatoms. The molecule has 0 aliphatic heterocycles. The van der Waals surface area contributed by atoms with Gasteiger partial charge in [-0.3, -0.25) is 0 Å². The van der Waals surface area contributed by atoms with Gasteiger partial charge in [0.2, 0.25) is 0 Å². The van der Waals surface area contributed by atoms with Crippen molar-refractivity contribution in [2.45, 2.75) is 13.5 Å². The monoisotopic (exact) mass is 272 g/mol. The quantitative estimate of drug-likeness (QED) is 0.694. The molecule has 0 aliphatic carbocycles. The predicted molar refractivity (Wildman–Crippen MR) is 77.4 cm³/mol. The second-order valence-corrected chi connectivity index (χ2v) is 5.05. The van der Waals surface area contributed by atoms with Gasteiger partial charge in [0.15, 0.2) is 4.77 Å². The van der Waals surface area contributed by atoms with Gasteiger partial charge in [-0.05, 0) is 42.9 Å². The molecule has 0 unspecified atom stereocenters. The molecule has 1 N–H and O–H groups in total. The van der Waals surface area contributed by atoms with Crippen molar-refractivity contribution in [1.29, 1.82) is 0 Å². The number of fused-ring (bicyclic) bond motifs is 1. The third kappa shape index (κ3) is 2.31. The second-order valence-electron chi connectivity index (χ2n) is 4.66. The van der Waals surface area contributed by atoms with Crippen molar-refractivity contribution in [3.8, 4) is 0 Å². The van der Waals surface area contributed by atoms with Gasteiger partial charge >= 0.3 is 0 Å². The Morgan fingerprint density at radius 2 is 1.89 bits per heavy atom. The van der Waals surface area contributed by atoms with Crippen molar-refractivity contribution in [2.75, 3.05) is 0 Å². The number of benzene rings is 2. The van der Waals surface area contributed by atoms with E-state index in [-0.39, 0.29) is 5.82 Å². The number of hydrogen-bond donors (Lipinski definition) is 1. The summed E-state index contributed by atoms with van der Waals surface area (Å²) in [5, 5.41) is 0. The highest BCUT2D eigenvalue weighted by molar-refractivity contribution is 7.71. The summed E-state index contributed by atoms with van der Waals surface area (Å²) in [5.74, 6) is -0.258. The minimum absolute atomic E-state index is 0.258. The topological polar surface area (TPSA) is 20.7 Å². The molecule has 0 bridgehead atoms. The first kappa shape index (κ1) is 12.1. The number of H-pyrrole nitrogens is 1. The fraction of sp³-hybridized carbons (Fsp3) is 0.133. The maximum Gasteiger partial charge on any atom is 0.178 e. The zero-order valence-corrected chi connectivity index (χ0v) is 11.3. The van der Waals surface area contributed by atoms with E-state index in [1.54, 1.807) is 6.07 Å². The van der Waals surface area contributed by atoms with E-state index in [1.807, 2.05) is 4.57 Å². The van der Waals surface area contributed by atoms with Crippen molar-refractivity contribution in [3.05, 3.63) is 64.2 Å². The zero-order valence-electron chi connectivity index (χ0n) is 10.5. The summed E-state index contributed by atoms with van der Waals surface area (Å²) in [6, 6.07) is 13.0. The van der Waals surface area contributed by atoms with Crippen LogP contribution in [0.4, 0.5) is 4.39 Å². The Balaban J connectivity index is 2.07. The number of aromatic amines is 1. The molecule has 2 nitrogen and oxygen atoms in total. The number of nitrogens with one attached hydrogen (secondary N) is 1. The zero-order chi connectivity index (χ0) is 13.4. The summed E-state index contributed by atoms with van der Waals surface area (Å²) in [5.41, 5.74) is 4.06. The molecule has 0 saturated heterocycles. The molecule has 0 atom stereocenters. The van der Waals surface area contributed by atoms with Gasteiger partial charge < -0.3 is 9.55 Å². The van der Waals surface area contributed by atoms with Crippen LogP contribution in [-0.2, 0) is 6.54 Å². The number of halogens is 1. The summed E-state index contributed by atoms with van der Waals surface area (Å²) in [6.45, 7) is 2.74. The normalized spacial score (nSPS) is 11.1. The van der Waals surface area contributed by atoms with E-state index >= 15 is 0 Å². The molecule has 0 aliphatic rings. The van der Waals surface area contributed by atoms with Crippen LogP contribution >= 0.6 is 12.2 Å². The molecule has 0 saturated carbocycles. The molecule has 0 radical (unpaired) electrons. The Bertz CT molecular complexity index is 784. The van der Waals surface area contributed by atoms with Crippen molar-refractivity contribution in [3.63, 3.8) is 0 Å². The van der Waals surface area contributed by atoms with Crippen LogP contribution in [0.3, 0.4) is 0 Å². The molecule has 3 rings (SSSR count). The highest BCUT2D eigenvalue weighted by Gasteiger charge is 2.05. The number of nitrogens with zero attached hydrogens (tertiary/aromatic N) is 1. The lowest BCUT2D eigenvalue weighted by molar-refractivity contribution is 0.629. The van der Waals surface area contributed by atoms with Crippen LogP contribution in [-0.4, -0.2) is 9.55 Å². The van der Waals surface area contributed by atoms with Crippen LogP contribution in [0, 0.1) is 17.5 Å². The Kier molecular flexibility index (Phi) is 2.95. The van der Waals surface area contributed by atoms with Crippen molar-refractivity contribution >= 4 is 23.3 Å². The van der Waals surface area contributed by atoms with E-state index in [0.717, 1.165) is 11.0 Å². The lowest BCUT2D eigenvalue weighted by Gasteiger charge is -2.05. The molecule has 2 aromatic carbocycles. The lowest BCUT2D eigenvalue weighted by atomic mass is 10.1. The SMILES string of the molecule is Cc1ccc(Cn2c(=S)[nH]c3cc(F)ccc32)cc1. The minimum Gasteiger partial charge on any atom is -0.330 e. The van der Waals surface area contributed by atoms with E-state index in [4.69, 9.17) is 12.2 Å². The van der Waals surface area contributed by atoms with Gasteiger partial charge in [0.1, 0.15) is 5.82 Å². The van der Waals surface area contributed by atoms with Crippen LogP contribution in [0.1, 0.15) is 11.1 Å². The van der Waals surface area contributed by atoms with E-state index < -0.39 is 0 Å². The van der Waals surface area contributed by atoms with Gasteiger partial charge in [-0.1, -0.05) is 29.8 Å². The van der Waals surface area contributed by atoms with E-state index in [9.17, 15) is 4.39 Å². The summed E-state index contributed by atoms with van der Waals surface area (Å²) >= 11 is 5.31. The maximum absolute atomic E-state index is 13.2. The van der Waals surface area contributed by atoms with Gasteiger partial charge in [-0.2, -0.15) is 0 Å². The Labute approximate surface area is 115 Å². The first-order valence-electron chi connectivity index (χ1n) is 6.07. The largest absolute Gasteiger partial charge is 0.330 e. The number of aromatic nitrogens is 2. The molecule has 3 aromatic rings. The van der Waals surface area contributed by atoms with E-state index in [0.29, 0.717) is 11.3 Å². The Morgan fingerprint density at radius 1 is 1.16 bits per heavy atom. The molecule has 19 heavy (non-hydrogen) atoms. The molecule has 96 valence electrons. The van der Waals surface area contributed by atoms with Crippen LogP contribution < -0.4 is 0 Å². The van der Waals surface area contributed by atoms with Gasteiger partial charge in [0.25, 0.3) is 0 Å². The van der Waals surface area contributed by atoms with E-state index in [1.165, 1.54) is 23.3 Å². The molecule has 1 heterocycles. The Morgan fingerprint density at radius 3 is 2.63 bits per heavy atom. The molecule has 0 spiro atoms. The Hall–Kier alpha value is -1.94. The third-order valence-corrected chi connectivity index (χ3v) is 3.52. The first-order chi connectivity index (χ1) is 9.13. The van der Waals surface area contributed by atoms with Crippen LogP contribution in [0.2, 0.25) is 0 Å². The average molecular weight is 272 g/mol. The summed E-state index contributed by atoms with van der Waals surface area (Å²) in [7, 11) is 0. The molecular weight excluding hydrogens is 259 g/mol. The van der Waals surface area contributed by atoms with Gasteiger partial charge in [0, 0.05) is 0 Å². The lowest BCUT2D eigenvalue weighted by Crippen LogP contribution is -1.99. The van der Waals surface area contributed by atoms with Crippen molar-refractivity contribution in [2.24, 2.45) is 0 Å². The van der Waals surface area contributed by atoms with Crippen LogP contribution in [0.25, 0.3) is 11.0 Å². The van der Waals surface area contributed by atoms with Gasteiger partial charge in [-0.25, -0.2) is 4.39 Å². The molecule has 1 aromatic heterocycles. The first-order valence-corrected chi connectivity index (χ1v) is 6.48. The standard InChI is InChI=1S/C15H13FN2S/c1-10-2-4-11(5-3-10)9-18-14-7-6-12(16)8-13(14)17-15(18)19/h2-8H,9H2,1H3,(H,17,19). The second kappa shape index (κ2) is 4.63. The maximum atomic E-state index is 13.2. The highest BCUT2D eigenvalue weighted by atomic mass is 32.1. The number of rotatable bonds is 2. The summed E-state index contributed by atoms with van der Waals surface area (Å²) < 4.78 is 15.8. The minimum atomic E-state index is -0.258.